The predicted octanol–water partition coefficient (Wildman–Crippen LogP) is 2.33. The van der Waals surface area contributed by atoms with Crippen LogP contribution < -0.4 is 0 Å². The number of carbonyl (C=O) groups excluding carboxylic acids is 2. The van der Waals surface area contributed by atoms with Crippen molar-refractivity contribution in [2.24, 2.45) is 5.92 Å². The SMILES string of the molecule is C=CCN(CC=C)C(=O)C1CCN(C(=O)c2ccoc2)CC1. The molecule has 0 spiro atoms. The lowest BCUT2D eigenvalue weighted by Crippen LogP contribution is -2.44. The summed E-state index contributed by atoms with van der Waals surface area (Å²) >= 11 is 0. The lowest BCUT2D eigenvalue weighted by molar-refractivity contribution is -0.135. The van der Waals surface area contributed by atoms with Gasteiger partial charge in [0, 0.05) is 32.1 Å². The topological polar surface area (TPSA) is 53.8 Å². The average molecular weight is 302 g/mol. The zero-order valence-corrected chi connectivity index (χ0v) is 12.7. The molecule has 1 aromatic rings. The Morgan fingerprint density at radius 2 is 1.91 bits per heavy atom. The fourth-order valence-electron chi connectivity index (χ4n) is 2.72. The van der Waals surface area contributed by atoms with Gasteiger partial charge in [0.1, 0.15) is 6.26 Å². The highest BCUT2D eigenvalue weighted by molar-refractivity contribution is 5.94. The van der Waals surface area contributed by atoms with E-state index in [4.69, 9.17) is 4.42 Å². The van der Waals surface area contributed by atoms with Crippen LogP contribution in [-0.2, 0) is 4.79 Å². The number of furan rings is 1. The third-order valence-electron chi connectivity index (χ3n) is 3.91. The molecule has 0 N–H and O–H groups in total. The quantitative estimate of drug-likeness (QED) is 0.758. The van der Waals surface area contributed by atoms with Gasteiger partial charge in [-0.15, -0.1) is 13.2 Å². The van der Waals surface area contributed by atoms with Crippen LogP contribution in [0.4, 0.5) is 0 Å². The van der Waals surface area contributed by atoms with Gasteiger partial charge in [-0.3, -0.25) is 9.59 Å². The maximum atomic E-state index is 12.5. The number of nitrogens with zero attached hydrogens (tertiary/aromatic N) is 2. The van der Waals surface area contributed by atoms with Gasteiger partial charge in [-0.1, -0.05) is 12.2 Å². The van der Waals surface area contributed by atoms with Gasteiger partial charge in [-0.05, 0) is 18.9 Å². The normalized spacial score (nSPS) is 15.4. The molecule has 1 aromatic heterocycles. The molecule has 2 amide bonds. The monoisotopic (exact) mass is 302 g/mol. The van der Waals surface area contributed by atoms with Crippen molar-refractivity contribution in [2.75, 3.05) is 26.2 Å². The van der Waals surface area contributed by atoms with Crippen LogP contribution in [0.15, 0.2) is 48.3 Å². The molecule has 118 valence electrons. The van der Waals surface area contributed by atoms with Crippen molar-refractivity contribution >= 4 is 11.8 Å². The van der Waals surface area contributed by atoms with Crippen LogP contribution in [0.3, 0.4) is 0 Å². The number of hydrogen-bond donors (Lipinski definition) is 0. The van der Waals surface area contributed by atoms with Gasteiger partial charge in [0.15, 0.2) is 0 Å². The fourth-order valence-corrected chi connectivity index (χ4v) is 2.72. The summed E-state index contributed by atoms with van der Waals surface area (Å²) in [5.74, 6) is 0.0530. The molecule has 5 nitrogen and oxygen atoms in total. The molecule has 0 radical (unpaired) electrons. The van der Waals surface area contributed by atoms with E-state index >= 15 is 0 Å². The molecule has 0 unspecified atom stereocenters. The summed E-state index contributed by atoms with van der Waals surface area (Å²) in [7, 11) is 0. The molecular formula is C17H22N2O3. The third kappa shape index (κ3) is 3.67. The Morgan fingerprint density at radius 3 is 2.41 bits per heavy atom. The van der Waals surface area contributed by atoms with Crippen molar-refractivity contribution in [3.63, 3.8) is 0 Å². The highest BCUT2D eigenvalue weighted by Gasteiger charge is 2.30. The van der Waals surface area contributed by atoms with E-state index in [1.807, 2.05) is 0 Å². The first-order valence-electron chi connectivity index (χ1n) is 7.49. The van der Waals surface area contributed by atoms with Crippen molar-refractivity contribution in [2.45, 2.75) is 12.8 Å². The molecular weight excluding hydrogens is 280 g/mol. The number of rotatable bonds is 6. The van der Waals surface area contributed by atoms with Crippen LogP contribution in [0.25, 0.3) is 0 Å². The van der Waals surface area contributed by atoms with Crippen molar-refractivity contribution in [1.29, 1.82) is 0 Å². The summed E-state index contributed by atoms with van der Waals surface area (Å²) in [5, 5.41) is 0. The van der Waals surface area contributed by atoms with E-state index in [1.54, 1.807) is 28.0 Å². The first-order chi connectivity index (χ1) is 10.7. The molecule has 0 bridgehead atoms. The number of amides is 2. The molecule has 2 heterocycles. The molecule has 0 aromatic carbocycles. The maximum Gasteiger partial charge on any atom is 0.257 e. The summed E-state index contributed by atoms with van der Waals surface area (Å²) in [4.78, 5) is 28.2. The van der Waals surface area contributed by atoms with Crippen LogP contribution in [0.5, 0.6) is 0 Å². The summed E-state index contributed by atoms with van der Waals surface area (Å²) in [6.07, 6.45) is 7.76. The molecule has 0 aliphatic carbocycles. The molecule has 2 rings (SSSR count). The van der Waals surface area contributed by atoms with Gasteiger partial charge in [-0.25, -0.2) is 0 Å². The number of likely N-dealkylation sites (tertiary alicyclic amines) is 1. The van der Waals surface area contributed by atoms with Crippen molar-refractivity contribution in [3.8, 4) is 0 Å². The second kappa shape index (κ2) is 7.64. The lowest BCUT2D eigenvalue weighted by atomic mass is 9.95. The van der Waals surface area contributed by atoms with E-state index in [9.17, 15) is 9.59 Å². The Labute approximate surface area is 130 Å². The Kier molecular flexibility index (Phi) is 5.58. The Balaban J connectivity index is 1.90. The minimum atomic E-state index is -0.0340. The maximum absolute atomic E-state index is 12.5. The molecule has 0 atom stereocenters. The zero-order valence-electron chi connectivity index (χ0n) is 12.7. The van der Waals surface area contributed by atoms with E-state index in [1.165, 1.54) is 12.5 Å². The summed E-state index contributed by atoms with van der Waals surface area (Å²) in [6.45, 7) is 9.61. The number of hydrogen-bond acceptors (Lipinski definition) is 3. The summed E-state index contributed by atoms with van der Waals surface area (Å²) in [5.41, 5.74) is 0.560. The first kappa shape index (κ1) is 16.1. The minimum absolute atomic E-state index is 0.0336. The molecule has 22 heavy (non-hydrogen) atoms. The molecule has 1 aliphatic rings. The van der Waals surface area contributed by atoms with Crippen LogP contribution in [0, 0.1) is 5.92 Å². The second-order valence-corrected chi connectivity index (χ2v) is 5.40. The second-order valence-electron chi connectivity index (χ2n) is 5.40. The van der Waals surface area contributed by atoms with Crippen LogP contribution in [0.1, 0.15) is 23.2 Å². The standard InChI is InChI=1S/C17H22N2O3/c1-3-8-18(9-4-2)16(20)14-5-10-19(11-6-14)17(21)15-7-12-22-13-15/h3-4,7,12-14H,1-2,5-6,8-11H2. The van der Waals surface area contributed by atoms with Crippen molar-refractivity contribution in [3.05, 3.63) is 49.5 Å². The Morgan fingerprint density at radius 1 is 1.27 bits per heavy atom. The lowest BCUT2D eigenvalue weighted by Gasteiger charge is -2.33. The average Bonchev–Trinajstić information content (AvgIpc) is 3.08. The van der Waals surface area contributed by atoms with Gasteiger partial charge < -0.3 is 14.2 Å². The van der Waals surface area contributed by atoms with Gasteiger partial charge >= 0.3 is 0 Å². The van der Waals surface area contributed by atoms with Gasteiger partial charge in [0.25, 0.3) is 5.91 Å². The first-order valence-corrected chi connectivity index (χ1v) is 7.49. The van der Waals surface area contributed by atoms with E-state index in [2.05, 4.69) is 13.2 Å². The molecule has 5 heteroatoms. The van der Waals surface area contributed by atoms with E-state index in [0.29, 0.717) is 44.6 Å². The van der Waals surface area contributed by atoms with Gasteiger partial charge in [0.2, 0.25) is 5.91 Å². The van der Waals surface area contributed by atoms with Crippen LogP contribution in [-0.4, -0.2) is 47.8 Å². The highest BCUT2D eigenvalue weighted by atomic mass is 16.3. The Bertz CT molecular complexity index is 518. The van der Waals surface area contributed by atoms with Crippen LogP contribution in [0.2, 0.25) is 0 Å². The van der Waals surface area contributed by atoms with Crippen LogP contribution >= 0.6 is 0 Å². The predicted molar refractivity (Wildman–Crippen MR) is 84.3 cm³/mol. The van der Waals surface area contributed by atoms with Crippen molar-refractivity contribution < 1.29 is 14.0 Å². The largest absolute Gasteiger partial charge is 0.472 e. The van der Waals surface area contributed by atoms with E-state index in [-0.39, 0.29) is 17.7 Å². The Hall–Kier alpha value is -2.30. The molecule has 0 saturated carbocycles. The van der Waals surface area contributed by atoms with E-state index in [0.717, 1.165) is 0 Å². The number of piperidine rings is 1. The van der Waals surface area contributed by atoms with Gasteiger partial charge in [-0.2, -0.15) is 0 Å². The minimum Gasteiger partial charge on any atom is -0.472 e. The number of carbonyl (C=O) groups is 2. The van der Waals surface area contributed by atoms with Crippen molar-refractivity contribution in [1.82, 2.24) is 9.80 Å². The molecule has 1 saturated heterocycles. The third-order valence-corrected chi connectivity index (χ3v) is 3.91. The highest BCUT2D eigenvalue weighted by Crippen LogP contribution is 2.21. The molecule has 1 fully saturated rings. The summed E-state index contributed by atoms with van der Waals surface area (Å²) < 4.78 is 4.94. The molecule has 1 aliphatic heterocycles. The smallest absolute Gasteiger partial charge is 0.257 e. The fraction of sp³-hybridized carbons (Fsp3) is 0.412. The van der Waals surface area contributed by atoms with Gasteiger partial charge in [0.05, 0.1) is 11.8 Å². The zero-order chi connectivity index (χ0) is 15.9. The summed E-state index contributed by atoms with van der Waals surface area (Å²) in [6, 6.07) is 1.66. The van der Waals surface area contributed by atoms with E-state index < -0.39 is 0 Å².